The van der Waals surface area contributed by atoms with E-state index in [1.807, 2.05) is 18.2 Å². The van der Waals surface area contributed by atoms with Crippen LogP contribution in [0, 0.1) is 0 Å². The lowest BCUT2D eigenvalue weighted by Gasteiger charge is -2.27. The van der Waals surface area contributed by atoms with Crippen LogP contribution in [0.4, 0.5) is 0 Å². The molecule has 0 saturated carbocycles. The van der Waals surface area contributed by atoms with Crippen molar-refractivity contribution < 1.29 is 4.79 Å². The molecule has 1 heterocycles. The number of benzene rings is 2. The van der Waals surface area contributed by atoms with Gasteiger partial charge in [0.2, 0.25) is 5.91 Å². The number of likely N-dealkylation sites (tertiary alicyclic amines) is 1. The fourth-order valence-electron chi connectivity index (χ4n) is 3.38. The van der Waals surface area contributed by atoms with Crippen molar-refractivity contribution in [1.82, 2.24) is 10.2 Å². The summed E-state index contributed by atoms with van der Waals surface area (Å²) in [5.41, 5.74) is 3.59. The van der Waals surface area contributed by atoms with E-state index in [2.05, 4.69) is 28.4 Å². The molecule has 0 radical (unpaired) electrons. The van der Waals surface area contributed by atoms with Crippen molar-refractivity contribution >= 4 is 40.9 Å². The van der Waals surface area contributed by atoms with Gasteiger partial charge in [-0.3, -0.25) is 9.69 Å². The van der Waals surface area contributed by atoms with Gasteiger partial charge in [0.1, 0.15) is 0 Å². The Morgan fingerprint density at radius 2 is 1.75 bits per heavy atom. The Kier molecular flexibility index (Phi) is 8.53. The monoisotopic (exact) mass is 436 g/mol. The highest BCUT2D eigenvalue weighted by atomic mass is 35.5. The normalized spacial score (nSPS) is 14.8. The minimum Gasteiger partial charge on any atom is -0.351 e. The van der Waals surface area contributed by atoms with Gasteiger partial charge in [-0.2, -0.15) is 0 Å². The quantitative estimate of drug-likeness (QED) is 0.590. The van der Waals surface area contributed by atoms with E-state index >= 15 is 0 Å². The Balaban J connectivity index is 1.44. The number of halogens is 2. The summed E-state index contributed by atoms with van der Waals surface area (Å²) in [6.07, 6.45) is 3.91. The molecular weight excluding hydrogens is 411 g/mol. The summed E-state index contributed by atoms with van der Waals surface area (Å²) in [6.45, 7) is 3.90. The number of nitrogens with zero attached hydrogens (tertiary/aromatic N) is 1. The first kappa shape index (κ1) is 21.5. The van der Waals surface area contributed by atoms with Gasteiger partial charge >= 0.3 is 0 Å². The van der Waals surface area contributed by atoms with Gasteiger partial charge in [0, 0.05) is 18.8 Å². The number of amides is 1. The molecule has 0 bridgehead atoms. The topological polar surface area (TPSA) is 32.3 Å². The molecule has 2 aromatic carbocycles. The van der Waals surface area contributed by atoms with Crippen LogP contribution in [0.15, 0.2) is 42.5 Å². The number of rotatable bonds is 8. The van der Waals surface area contributed by atoms with Crippen molar-refractivity contribution in [3.63, 3.8) is 0 Å². The van der Waals surface area contributed by atoms with Crippen molar-refractivity contribution in [3.8, 4) is 0 Å². The Hall–Kier alpha value is -1.20. The minimum atomic E-state index is 0.0536. The molecule has 0 aliphatic carbocycles. The summed E-state index contributed by atoms with van der Waals surface area (Å²) in [7, 11) is 0. The average molecular weight is 437 g/mol. The second-order valence-corrected chi connectivity index (χ2v) is 8.92. The van der Waals surface area contributed by atoms with Crippen LogP contribution in [-0.2, 0) is 23.6 Å². The average Bonchev–Trinajstić information content (AvgIpc) is 2.71. The zero-order valence-electron chi connectivity index (χ0n) is 15.9. The number of nitrogens with one attached hydrogen (secondary N) is 1. The van der Waals surface area contributed by atoms with Gasteiger partial charge in [-0.25, -0.2) is 0 Å². The molecule has 6 heteroatoms. The van der Waals surface area contributed by atoms with Crippen molar-refractivity contribution in [2.75, 3.05) is 18.8 Å². The van der Waals surface area contributed by atoms with Crippen LogP contribution in [0.25, 0.3) is 0 Å². The summed E-state index contributed by atoms with van der Waals surface area (Å²) < 4.78 is 0. The first-order chi connectivity index (χ1) is 13.6. The lowest BCUT2D eigenvalue weighted by atomic mass is 10.0. The Morgan fingerprint density at radius 1 is 1.00 bits per heavy atom. The predicted octanol–water partition coefficient (Wildman–Crippen LogP) is 5.53. The summed E-state index contributed by atoms with van der Waals surface area (Å²) >= 11 is 13.5. The lowest BCUT2D eigenvalue weighted by molar-refractivity contribution is -0.118. The highest BCUT2D eigenvalue weighted by Crippen LogP contribution is 2.24. The number of hydrogen-bond donors (Lipinski definition) is 1. The maximum Gasteiger partial charge on any atom is 0.230 e. The number of hydrogen-bond acceptors (Lipinski definition) is 3. The molecule has 1 fully saturated rings. The van der Waals surface area contributed by atoms with Gasteiger partial charge in [-0.1, -0.05) is 60.0 Å². The molecular formula is C22H26Cl2N2OS. The molecule has 3 nitrogen and oxygen atoms in total. The predicted molar refractivity (Wildman–Crippen MR) is 120 cm³/mol. The van der Waals surface area contributed by atoms with Gasteiger partial charge in [0.25, 0.3) is 0 Å². The molecule has 150 valence electrons. The molecule has 0 spiro atoms. The third-order valence-corrected chi connectivity index (χ3v) is 6.67. The largest absolute Gasteiger partial charge is 0.351 e. The molecule has 0 aromatic heterocycles. The highest BCUT2D eigenvalue weighted by molar-refractivity contribution is 7.99. The van der Waals surface area contributed by atoms with Crippen molar-refractivity contribution in [2.45, 2.75) is 38.1 Å². The number of carbonyl (C=O) groups excluding carboxylic acids is 1. The zero-order chi connectivity index (χ0) is 19.8. The SMILES string of the molecule is O=C(CSCc1ccc(Cl)c(Cl)c1)NCc1ccccc1CN1CCCCC1. The Morgan fingerprint density at radius 3 is 2.50 bits per heavy atom. The summed E-state index contributed by atoms with van der Waals surface area (Å²) in [6, 6.07) is 14.0. The molecule has 0 atom stereocenters. The van der Waals surface area contributed by atoms with E-state index in [4.69, 9.17) is 23.2 Å². The van der Waals surface area contributed by atoms with Crippen molar-refractivity contribution in [1.29, 1.82) is 0 Å². The molecule has 0 unspecified atom stereocenters. The highest BCUT2D eigenvalue weighted by Gasteiger charge is 2.13. The second-order valence-electron chi connectivity index (χ2n) is 7.12. The number of carbonyl (C=O) groups is 1. The maximum absolute atomic E-state index is 12.2. The maximum atomic E-state index is 12.2. The van der Waals surface area contributed by atoms with E-state index < -0.39 is 0 Å². The minimum absolute atomic E-state index is 0.0536. The third kappa shape index (κ3) is 6.70. The molecule has 28 heavy (non-hydrogen) atoms. The third-order valence-electron chi connectivity index (χ3n) is 4.92. The van der Waals surface area contributed by atoms with E-state index in [0.717, 1.165) is 17.9 Å². The fourth-order valence-corrected chi connectivity index (χ4v) is 4.50. The Bertz CT molecular complexity index is 794. The van der Waals surface area contributed by atoms with Crippen molar-refractivity contribution in [3.05, 3.63) is 69.2 Å². The van der Waals surface area contributed by atoms with E-state index in [0.29, 0.717) is 22.3 Å². The van der Waals surface area contributed by atoms with Gasteiger partial charge < -0.3 is 5.32 Å². The second kappa shape index (κ2) is 11.1. The van der Waals surface area contributed by atoms with Crippen LogP contribution in [0.5, 0.6) is 0 Å². The van der Waals surface area contributed by atoms with Crippen LogP contribution in [-0.4, -0.2) is 29.6 Å². The first-order valence-corrected chi connectivity index (χ1v) is 11.6. The van der Waals surface area contributed by atoms with E-state index in [1.165, 1.54) is 43.5 Å². The van der Waals surface area contributed by atoms with Crippen LogP contribution in [0.1, 0.15) is 36.0 Å². The standard InChI is InChI=1S/C22H26Cl2N2OS/c23-20-9-8-17(12-21(20)24)15-28-16-22(27)25-13-18-6-2-3-7-19(18)14-26-10-4-1-5-11-26/h2-3,6-9,12H,1,4-5,10-11,13-16H2,(H,25,27). The molecule has 1 amide bonds. The summed E-state index contributed by atoms with van der Waals surface area (Å²) in [5.74, 6) is 1.21. The molecule has 1 aliphatic rings. The summed E-state index contributed by atoms with van der Waals surface area (Å²) in [4.78, 5) is 14.8. The lowest BCUT2D eigenvalue weighted by Crippen LogP contribution is -2.30. The van der Waals surface area contributed by atoms with Crippen molar-refractivity contribution in [2.24, 2.45) is 0 Å². The Labute approximate surface area is 181 Å². The van der Waals surface area contributed by atoms with Crippen LogP contribution < -0.4 is 5.32 Å². The number of thioether (sulfide) groups is 1. The van der Waals surface area contributed by atoms with Gasteiger partial charge in [0.15, 0.2) is 0 Å². The van der Waals surface area contributed by atoms with Gasteiger partial charge in [-0.15, -0.1) is 11.8 Å². The fraction of sp³-hybridized carbons (Fsp3) is 0.409. The van der Waals surface area contributed by atoms with E-state index in [1.54, 1.807) is 17.8 Å². The van der Waals surface area contributed by atoms with Crippen LogP contribution >= 0.6 is 35.0 Å². The molecule has 1 N–H and O–H groups in total. The van der Waals surface area contributed by atoms with E-state index in [9.17, 15) is 4.79 Å². The van der Waals surface area contributed by atoms with Gasteiger partial charge in [0.05, 0.1) is 15.8 Å². The van der Waals surface area contributed by atoms with Gasteiger partial charge in [-0.05, 0) is 54.8 Å². The molecule has 3 rings (SSSR count). The first-order valence-electron chi connectivity index (χ1n) is 9.69. The van der Waals surface area contributed by atoms with Crippen LogP contribution in [0.3, 0.4) is 0 Å². The number of piperidine rings is 1. The summed E-state index contributed by atoms with van der Waals surface area (Å²) in [5, 5.41) is 4.16. The zero-order valence-corrected chi connectivity index (χ0v) is 18.3. The molecule has 1 aliphatic heterocycles. The smallest absolute Gasteiger partial charge is 0.230 e. The molecule has 1 saturated heterocycles. The molecule has 2 aromatic rings. The van der Waals surface area contributed by atoms with E-state index in [-0.39, 0.29) is 5.91 Å². The van der Waals surface area contributed by atoms with Crippen LogP contribution in [0.2, 0.25) is 10.0 Å².